The number of nitrogens with zero attached hydrogens (tertiary/aromatic N) is 1. The fraction of sp³-hybridized carbons (Fsp3) is 0.647. The molecule has 2 aliphatic carbocycles. The molecule has 3 aliphatic rings. The highest BCUT2D eigenvalue weighted by atomic mass is 35.5. The molecule has 0 spiro atoms. The summed E-state index contributed by atoms with van der Waals surface area (Å²) in [4.78, 5) is 2.70. The van der Waals surface area contributed by atoms with E-state index in [9.17, 15) is 0 Å². The van der Waals surface area contributed by atoms with Gasteiger partial charge < -0.3 is 10.2 Å². The number of aryl methyl sites for hydroxylation is 1. The second-order valence-electron chi connectivity index (χ2n) is 6.72. The number of halogens is 1. The topological polar surface area (TPSA) is 15.3 Å². The van der Waals surface area contributed by atoms with Gasteiger partial charge in [-0.3, -0.25) is 0 Å². The Morgan fingerprint density at radius 1 is 1.20 bits per heavy atom. The smallest absolute Gasteiger partial charge is 0.0408 e. The van der Waals surface area contributed by atoms with Crippen molar-refractivity contribution in [2.24, 2.45) is 5.92 Å². The largest absolute Gasteiger partial charge is 0.310 e. The third kappa shape index (κ3) is 2.61. The van der Waals surface area contributed by atoms with Gasteiger partial charge in [0.2, 0.25) is 0 Å². The van der Waals surface area contributed by atoms with Crippen LogP contribution in [0.2, 0.25) is 5.02 Å². The van der Waals surface area contributed by atoms with Crippen LogP contribution in [0.3, 0.4) is 0 Å². The summed E-state index contributed by atoms with van der Waals surface area (Å²) in [6, 6.07) is 7.88. The van der Waals surface area contributed by atoms with E-state index in [1.54, 1.807) is 0 Å². The number of benzene rings is 1. The van der Waals surface area contributed by atoms with Gasteiger partial charge in [-0.1, -0.05) is 17.7 Å². The van der Waals surface area contributed by atoms with Crippen LogP contribution in [0.1, 0.15) is 42.9 Å². The minimum atomic E-state index is 0.553. The molecule has 1 aromatic carbocycles. The van der Waals surface area contributed by atoms with Crippen molar-refractivity contribution in [2.45, 2.75) is 44.2 Å². The van der Waals surface area contributed by atoms with Crippen LogP contribution in [-0.2, 0) is 6.42 Å². The number of hydrogen-bond donors (Lipinski definition) is 1. The van der Waals surface area contributed by atoms with E-state index in [1.807, 2.05) is 6.07 Å². The maximum absolute atomic E-state index is 6.08. The maximum Gasteiger partial charge on any atom is 0.0408 e. The predicted octanol–water partition coefficient (Wildman–Crippen LogP) is 3.40. The molecule has 1 heterocycles. The molecule has 4 rings (SSSR count). The average molecular weight is 291 g/mol. The molecule has 1 saturated heterocycles. The SMILES string of the molecule is Clc1ccc2c(c1)CCC2NCC1CCN(C2CC2)C1. The fourth-order valence-corrected chi connectivity index (χ4v) is 4.10. The van der Waals surface area contributed by atoms with Crippen molar-refractivity contribution in [2.75, 3.05) is 19.6 Å². The average Bonchev–Trinajstić information content (AvgIpc) is 3.06. The molecule has 1 N–H and O–H groups in total. The summed E-state index contributed by atoms with van der Waals surface area (Å²) >= 11 is 6.08. The van der Waals surface area contributed by atoms with Gasteiger partial charge in [0, 0.05) is 23.7 Å². The van der Waals surface area contributed by atoms with Crippen molar-refractivity contribution in [1.29, 1.82) is 0 Å². The van der Waals surface area contributed by atoms with Crippen LogP contribution in [0, 0.1) is 5.92 Å². The van der Waals surface area contributed by atoms with Crippen molar-refractivity contribution in [3.63, 3.8) is 0 Å². The van der Waals surface area contributed by atoms with Crippen molar-refractivity contribution < 1.29 is 0 Å². The number of likely N-dealkylation sites (tertiary alicyclic amines) is 1. The molecule has 0 amide bonds. The van der Waals surface area contributed by atoms with Gasteiger partial charge in [0.25, 0.3) is 0 Å². The van der Waals surface area contributed by atoms with E-state index in [2.05, 4.69) is 22.3 Å². The summed E-state index contributed by atoms with van der Waals surface area (Å²) in [5.41, 5.74) is 2.92. The molecule has 2 nitrogen and oxygen atoms in total. The molecule has 0 aromatic heterocycles. The summed E-state index contributed by atoms with van der Waals surface area (Å²) < 4.78 is 0. The van der Waals surface area contributed by atoms with Gasteiger partial charge in [-0.05, 0) is 74.4 Å². The van der Waals surface area contributed by atoms with Crippen molar-refractivity contribution in [1.82, 2.24) is 10.2 Å². The van der Waals surface area contributed by atoms with Gasteiger partial charge in [0.05, 0.1) is 0 Å². The molecule has 2 fully saturated rings. The molecule has 0 bridgehead atoms. The summed E-state index contributed by atoms with van der Waals surface area (Å²) in [6.45, 7) is 3.82. The van der Waals surface area contributed by atoms with Gasteiger partial charge in [-0.15, -0.1) is 0 Å². The van der Waals surface area contributed by atoms with E-state index in [-0.39, 0.29) is 0 Å². The Bertz CT molecular complexity index is 498. The molecule has 108 valence electrons. The van der Waals surface area contributed by atoms with E-state index in [1.165, 1.54) is 62.9 Å². The van der Waals surface area contributed by atoms with Crippen LogP contribution < -0.4 is 5.32 Å². The van der Waals surface area contributed by atoms with Crippen LogP contribution in [0.25, 0.3) is 0 Å². The first kappa shape index (κ1) is 13.1. The Morgan fingerprint density at radius 3 is 2.95 bits per heavy atom. The Labute approximate surface area is 126 Å². The normalized spacial score (nSPS) is 29.9. The first-order valence-corrected chi connectivity index (χ1v) is 8.43. The summed E-state index contributed by atoms with van der Waals surface area (Å²) in [5.74, 6) is 0.854. The molecule has 2 unspecified atom stereocenters. The lowest BCUT2D eigenvalue weighted by atomic mass is 10.1. The number of fused-ring (bicyclic) bond motifs is 1. The third-order valence-electron chi connectivity index (χ3n) is 5.22. The van der Waals surface area contributed by atoms with Gasteiger partial charge >= 0.3 is 0 Å². The Kier molecular flexibility index (Phi) is 3.49. The zero-order valence-corrected chi connectivity index (χ0v) is 12.7. The van der Waals surface area contributed by atoms with E-state index < -0.39 is 0 Å². The van der Waals surface area contributed by atoms with Crippen molar-refractivity contribution in [3.8, 4) is 0 Å². The third-order valence-corrected chi connectivity index (χ3v) is 5.45. The van der Waals surface area contributed by atoms with Crippen LogP contribution >= 0.6 is 11.6 Å². The van der Waals surface area contributed by atoms with Crippen molar-refractivity contribution in [3.05, 3.63) is 34.3 Å². The summed E-state index contributed by atoms with van der Waals surface area (Å²) in [6.07, 6.45) is 6.67. The van der Waals surface area contributed by atoms with Gasteiger partial charge in [0.1, 0.15) is 0 Å². The molecule has 3 heteroatoms. The molecule has 1 aromatic rings. The van der Waals surface area contributed by atoms with Crippen LogP contribution in [-0.4, -0.2) is 30.6 Å². The van der Waals surface area contributed by atoms with Gasteiger partial charge in [-0.25, -0.2) is 0 Å². The van der Waals surface area contributed by atoms with Gasteiger partial charge in [0.15, 0.2) is 0 Å². The lowest BCUT2D eigenvalue weighted by Crippen LogP contribution is -2.29. The lowest BCUT2D eigenvalue weighted by Gasteiger charge is -2.18. The Morgan fingerprint density at radius 2 is 2.10 bits per heavy atom. The molecule has 2 atom stereocenters. The zero-order valence-electron chi connectivity index (χ0n) is 11.9. The lowest BCUT2D eigenvalue weighted by molar-refractivity contribution is 0.309. The molecular formula is C17H23ClN2. The minimum absolute atomic E-state index is 0.553. The molecule has 1 aliphatic heterocycles. The minimum Gasteiger partial charge on any atom is -0.310 e. The Hall–Kier alpha value is -0.570. The molecule has 20 heavy (non-hydrogen) atoms. The zero-order chi connectivity index (χ0) is 13.5. The Balaban J connectivity index is 1.33. The number of hydrogen-bond acceptors (Lipinski definition) is 2. The summed E-state index contributed by atoms with van der Waals surface area (Å²) in [7, 11) is 0. The predicted molar refractivity (Wildman–Crippen MR) is 83.2 cm³/mol. The van der Waals surface area contributed by atoms with E-state index in [0.717, 1.165) is 17.0 Å². The number of nitrogens with one attached hydrogen (secondary N) is 1. The second kappa shape index (κ2) is 5.32. The van der Waals surface area contributed by atoms with E-state index >= 15 is 0 Å². The highest BCUT2D eigenvalue weighted by Crippen LogP contribution is 2.34. The highest BCUT2D eigenvalue weighted by Gasteiger charge is 2.34. The van der Waals surface area contributed by atoms with Crippen molar-refractivity contribution >= 4 is 11.6 Å². The highest BCUT2D eigenvalue weighted by molar-refractivity contribution is 6.30. The monoisotopic (exact) mass is 290 g/mol. The first-order chi connectivity index (χ1) is 9.79. The van der Waals surface area contributed by atoms with Gasteiger partial charge in [-0.2, -0.15) is 0 Å². The standard InChI is InChI=1S/C17H23ClN2/c18-14-2-5-16-13(9-14)1-6-17(16)19-10-12-7-8-20(11-12)15-3-4-15/h2,5,9,12,15,17,19H,1,3-4,6-8,10-11H2. The molecule has 0 radical (unpaired) electrons. The maximum atomic E-state index is 6.08. The first-order valence-electron chi connectivity index (χ1n) is 8.05. The summed E-state index contributed by atoms with van der Waals surface area (Å²) in [5, 5.41) is 4.68. The second-order valence-corrected chi connectivity index (χ2v) is 7.16. The molecule has 1 saturated carbocycles. The van der Waals surface area contributed by atoms with Crippen LogP contribution in [0.15, 0.2) is 18.2 Å². The van der Waals surface area contributed by atoms with Crippen LogP contribution in [0.5, 0.6) is 0 Å². The fourth-order valence-electron chi connectivity index (χ4n) is 3.91. The van der Waals surface area contributed by atoms with Crippen LogP contribution in [0.4, 0.5) is 0 Å². The quantitative estimate of drug-likeness (QED) is 0.914. The van der Waals surface area contributed by atoms with E-state index in [4.69, 9.17) is 11.6 Å². The number of rotatable bonds is 4. The van der Waals surface area contributed by atoms with E-state index in [0.29, 0.717) is 6.04 Å². The molecular weight excluding hydrogens is 268 g/mol.